The van der Waals surface area contributed by atoms with Gasteiger partial charge in [-0.05, 0) is 51.8 Å². The first-order chi connectivity index (χ1) is 18.3. The van der Waals surface area contributed by atoms with Crippen molar-refractivity contribution in [3.8, 4) is 17.4 Å². The first-order valence-electron chi connectivity index (χ1n) is 12.5. The topological polar surface area (TPSA) is 146 Å². The van der Waals surface area contributed by atoms with Gasteiger partial charge in [0.2, 0.25) is 5.91 Å². The molecule has 0 aliphatic heterocycles. The van der Waals surface area contributed by atoms with Crippen LogP contribution < -0.4 is 16.0 Å². The Labute approximate surface area is 227 Å². The smallest absolute Gasteiger partial charge is 0.412 e. The summed E-state index contributed by atoms with van der Waals surface area (Å²) in [5.41, 5.74) is 2.09. The number of ketones is 1. The number of aromatic nitrogens is 1. The fraction of sp³-hybridized carbons (Fsp3) is 0.345. The lowest BCUT2D eigenvalue weighted by Crippen LogP contribution is -2.28. The number of carbonyl (C=O) groups is 3. The average Bonchev–Trinajstić information content (AvgIpc) is 3.28. The number of ether oxygens (including phenoxy) is 1. The second-order valence-electron chi connectivity index (χ2n) is 10.5. The standard InChI is InChI=1S/C29H33N5O5/c1-17(2)16-31-22-13-24(33-28(37)38-29(4,5)6)23(12-21(22)15-30)32-27(36)14-25(35)19-8-7-9-20(11-19)26-10-18(3)34-39-26/h7-13,17,31H,14,16H2,1-6H3,(H,32,36)(H,33,37). The van der Waals surface area contributed by atoms with Crippen molar-refractivity contribution in [1.82, 2.24) is 5.16 Å². The van der Waals surface area contributed by atoms with Gasteiger partial charge in [0.1, 0.15) is 11.7 Å². The zero-order valence-corrected chi connectivity index (χ0v) is 23.0. The van der Waals surface area contributed by atoms with Crippen molar-refractivity contribution in [1.29, 1.82) is 5.26 Å². The number of rotatable bonds is 9. The first kappa shape index (κ1) is 28.9. The first-order valence-corrected chi connectivity index (χ1v) is 12.5. The van der Waals surface area contributed by atoms with Crippen LogP contribution in [0, 0.1) is 24.2 Å². The number of nitriles is 1. The monoisotopic (exact) mass is 531 g/mol. The van der Waals surface area contributed by atoms with E-state index < -0.39 is 29.8 Å². The fourth-order valence-electron chi connectivity index (χ4n) is 3.56. The van der Waals surface area contributed by atoms with Gasteiger partial charge in [0.15, 0.2) is 11.5 Å². The fourth-order valence-corrected chi connectivity index (χ4v) is 3.56. The second-order valence-corrected chi connectivity index (χ2v) is 10.5. The van der Waals surface area contributed by atoms with E-state index in [9.17, 15) is 19.6 Å². The molecule has 0 saturated heterocycles. The van der Waals surface area contributed by atoms with E-state index in [1.54, 1.807) is 64.1 Å². The molecule has 0 spiro atoms. The van der Waals surface area contributed by atoms with Crippen molar-refractivity contribution < 1.29 is 23.6 Å². The summed E-state index contributed by atoms with van der Waals surface area (Å²) in [6, 6.07) is 13.6. The van der Waals surface area contributed by atoms with E-state index in [0.717, 1.165) is 0 Å². The summed E-state index contributed by atoms with van der Waals surface area (Å²) in [6.07, 6.45) is -1.19. The number of carbonyl (C=O) groups excluding carboxylic acids is 3. The number of amides is 2. The Balaban J connectivity index is 1.83. The van der Waals surface area contributed by atoms with Gasteiger partial charge >= 0.3 is 6.09 Å². The van der Waals surface area contributed by atoms with Crippen LogP contribution >= 0.6 is 0 Å². The maximum absolute atomic E-state index is 12.9. The predicted octanol–water partition coefficient (Wildman–Crippen LogP) is 6.15. The summed E-state index contributed by atoms with van der Waals surface area (Å²) >= 11 is 0. The zero-order chi connectivity index (χ0) is 28.7. The highest BCUT2D eigenvalue weighted by Crippen LogP contribution is 2.31. The highest BCUT2D eigenvalue weighted by atomic mass is 16.6. The summed E-state index contributed by atoms with van der Waals surface area (Å²) < 4.78 is 10.6. The Kier molecular flexibility index (Phi) is 9.09. The minimum absolute atomic E-state index is 0.163. The molecule has 3 rings (SSSR count). The van der Waals surface area contributed by atoms with Gasteiger partial charge in [-0.1, -0.05) is 37.2 Å². The van der Waals surface area contributed by atoms with Crippen molar-refractivity contribution in [3.63, 3.8) is 0 Å². The molecule has 0 radical (unpaired) electrons. The number of benzene rings is 2. The number of hydrogen-bond donors (Lipinski definition) is 3. The predicted molar refractivity (Wildman–Crippen MR) is 149 cm³/mol. The van der Waals surface area contributed by atoms with Crippen molar-refractivity contribution >= 4 is 34.8 Å². The van der Waals surface area contributed by atoms with Crippen LogP contribution in [0.2, 0.25) is 0 Å². The molecule has 0 atom stereocenters. The third-order valence-corrected chi connectivity index (χ3v) is 5.31. The molecule has 0 aliphatic rings. The van der Waals surface area contributed by atoms with Crippen LogP contribution in [-0.2, 0) is 9.53 Å². The third kappa shape index (κ3) is 8.43. The minimum atomic E-state index is -0.746. The second kappa shape index (κ2) is 12.3. The van der Waals surface area contributed by atoms with Crippen molar-refractivity contribution in [2.45, 2.75) is 53.6 Å². The van der Waals surface area contributed by atoms with Gasteiger partial charge in [0, 0.05) is 23.7 Å². The maximum atomic E-state index is 12.9. The van der Waals surface area contributed by atoms with Crippen molar-refractivity contribution in [2.24, 2.45) is 5.92 Å². The Bertz CT molecular complexity index is 1410. The SMILES string of the molecule is Cc1cc(-c2cccc(C(=O)CC(=O)Nc3cc(C#N)c(NCC(C)C)cc3NC(=O)OC(C)(C)C)c2)on1. The van der Waals surface area contributed by atoms with Gasteiger partial charge < -0.3 is 19.9 Å². The molecule has 2 aromatic carbocycles. The molecule has 39 heavy (non-hydrogen) atoms. The van der Waals surface area contributed by atoms with Crippen molar-refractivity contribution in [3.05, 3.63) is 59.3 Å². The number of hydrogen-bond acceptors (Lipinski definition) is 8. The van der Waals surface area contributed by atoms with E-state index in [2.05, 4.69) is 27.2 Å². The molecule has 0 bridgehead atoms. The van der Waals surface area contributed by atoms with E-state index in [1.165, 1.54) is 6.07 Å². The van der Waals surface area contributed by atoms with Gasteiger partial charge in [-0.2, -0.15) is 5.26 Å². The Hall–Kier alpha value is -4.65. The lowest BCUT2D eigenvalue weighted by atomic mass is 10.0. The molecular weight excluding hydrogens is 498 g/mol. The van der Waals surface area contributed by atoms with Gasteiger partial charge in [-0.15, -0.1) is 0 Å². The van der Waals surface area contributed by atoms with Gasteiger partial charge in [0.05, 0.1) is 34.7 Å². The molecule has 0 unspecified atom stereocenters. The van der Waals surface area contributed by atoms with Crippen LogP contribution in [0.4, 0.5) is 21.9 Å². The minimum Gasteiger partial charge on any atom is -0.444 e. The number of aryl methyl sites for hydroxylation is 1. The molecular formula is C29H33N5O5. The molecule has 10 heteroatoms. The quantitative estimate of drug-likeness (QED) is 0.220. The summed E-state index contributed by atoms with van der Waals surface area (Å²) in [5, 5.41) is 22.0. The van der Waals surface area contributed by atoms with E-state index in [4.69, 9.17) is 9.26 Å². The maximum Gasteiger partial charge on any atom is 0.412 e. The molecule has 10 nitrogen and oxygen atoms in total. The highest BCUT2D eigenvalue weighted by Gasteiger charge is 2.21. The summed E-state index contributed by atoms with van der Waals surface area (Å²) in [6.45, 7) is 11.6. The number of nitrogens with one attached hydrogen (secondary N) is 3. The van der Waals surface area contributed by atoms with Crippen molar-refractivity contribution in [2.75, 3.05) is 22.5 Å². The van der Waals surface area contributed by atoms with Crippen LogP contribution in [0.25, 0.3) is 11.3 Å². The highest BCUT2D eigenvalue weighted by molar-refractivity contribution is 6.12. The molecule has 1 aromatic heterocycles. The van der Waals surface area contributed by atoms with Crippen LogP contribution in [0.5, 0.6) is 0 Å². The molecule has 0 saturated carbocycles. The lowest BCUT2D eigenvalue weighted by Gasteiger charge is -2.21. The van der Waals surface area contributed by atoms with Gasteiger partial charge in [-0.3, -0.25) is 14.9 Å². The van der Waals surface area contributed by atoms with Gasteiger partial charge in [0.25, 0.3) is 0 Å². The summed E-state index contributed by atoms with van der Waals surface area (Å²) in [5.74, 6) is -0.210. The Morgan fingerprint density at radius 3 is 2.38 bits per heavy atom. The number of anilines is 3. The third-order valence-electron chi connectivity index (χ3n) is 5.31. The van der Waals surface area contributed by atoms with Crippen LogP contribution in [-0.4, -0.2) is 35.1 Å². The Morgan fingerprint density at radius 1 is 1.05 bits per heavy atom. The molecule has 204 valence electrons. The zero-order valence-electron chi connectivity index (χ0n) is 23.0. The van der Waals surface area contributed by atoms with Crippen LogP contribution in [0.15, 0.2) is 47.0 Å². The molecule has 3 aromatic rings. The molecule has 0 fully saturated rings. The van der Waals surface area contributed by atoms with Crippen LogP contribution in [0.1, 0.15) is 62.7 Å². The lowest BCUT2D eigenvalue weighted by molar-refractivity contribution is -0.115. The number of Topliss-reactive ketones (excluding diaryl/α,β-unsaturated/α-hetero) is 1. The normalized spacial score (nSPS) is 11.0. The molecule has 1 heterocycles. The average molecular weight is 532 g/mol. The largest absolute Gasteiger partial charge is 0.444 e. The van der Waals surface area contributed by atoms with E-state index >= 15 is 0 Å². The molecule has 0 aliphatic carbocycles. The number of nitrogens with zero attached hydrogens (tertiary/aromatic N) is 2. The van der Waals surface area contributed by atoms with Gasteiger partial charge in [-0.25, -0.2) is 4.79 Å². The van der Waals surface area contributed by atoms with E-state index in [0.29, 0.717) is 40.7 Å². The molecule has 3 N–H and O–H groups in total. The van der Waals surface area contributed by atoms with Crippen LogP contribution in [0.3, 0.4) is 0 Å². The summed E-state index contributed by atoms with van der Waals surface area (Å²) in [4.78, 5) is 38.4. The Morgan fingerprint density at radius 2 is 1.77 bits per heavy atom. The van der Waals surface area contributed by atoms with E-state index in [1.807, 2.05) is 13.8 Å². The molecule has 2 amide bonds. The van der Waals surface area contributed by atoms with E-state index in [-0.39, 0.29) is 16.9 Å². The summed E-state index contributed by atoms with van der Waals surface area (Å²) in [7, 11) is 0.